The van der Waals surface area contributed by atoms with Crippen molar-refractivity contribution < 1.29 is 0 Å². The molecule has 1 aliphatic carbocycles. The highest BCUT2D eigenvalue weighted by molar-refractivity contribution is 7.27. The number of hydrogen-bond acceptors (Lipinski definition) is 3. The molecule has 9 rings (SSSR count). The van der Waals surface area contributed by atoms with Gasteiger partial charge in [-0.25, -0.2) is 0 Å². The van der Waals surface area contributed by atoms with Gasteiger partial charge in [0.05, 0.1) is 20.8 Å². The minimum atomic E-state index is -0.0686. The summed E-state index contributed by atoms with van der Waals surface area (Å²) < 4.78 is 5.29. The lowest BCUT2D eigenvalue weighted by Crippen LogP contribution is -2.16. The maximum atomic E-state index is 2.52. The van der Waals surface area contributed by atoms with E-state index in [0.29, 0.717) is 0 Å². The molecule has 0 fully saturated rings. The minimum absolute atomic E-state index is 0.0686. The van der Waals surface area contributed by atoms with Crippen molar-refractivity contribution in [1.29, 1.82) is 0 Å². The van der Waals surface area contributed by atoms with Crippen LogP contribution in [0.15, 0.2) is 127 Å². The first kappa shape index (κ1) is 24.2. The molecule has 2 heterocycles. The van der Waals surface area contributed by atoms with Crippen LogP contribution >= 0.6 is 22.7 Å². The Bertz CT molecular complexity index is 2240. The van der Waals surface area contributed by atoms with Crippen LogP contribution in [0, 0.1) is 0 Å². The number of benzene rings is 6. The van der Waals surface area contributed by atoms with Crippen LogP contribution in [-0.4, -0.2) is 0 Å². The molecule has 0 N–H and O–H groups in total. The summed E-state index contributed by atoms with van der Waals surface area (Å²) >= 11 is 3.79. The molecular formula is C39H27NS2. The van der Waals surface area contributed by atoms with Crippen LogP contribution in [0.1, 0.15) is 25.0 Å². The van der Waals surface area contributed by atoms with Crippen LogP contribution < -0.4 is 4.90 Å². The summed E-state index contributed by atoms with van der Waals surface area (Å²) in [6.45, 7) is 4.73. The maximum absolute atomic E-state index is 2.52. The predicted molar refractivity (Wildman–Crippen MR) is 184 cm³/mol. The Hall–Kier alpha value is -4.44. The highest BCUT2D eigenvalue weighted by Gasteiger charge is 2.36. The van der Waals surface area contributed by atoms with Crippen LogP contribution in [0.25, 0.3) is 51.5 Å². The standard InChI is InChI=1S/C39H27NS2/c1-39(2)31-16-6-3-11-25(31)26-22-21-24(23-32(26)39)40(33-17-9-14-29-27-12-4-7-19-35(27)41-37(29)33)34-18-10-15-30-28-13-5-8-20-36(28)42-38(30)34/h3-23H,1-2H3. The SMILES string of the molecule is CC1(C)c2ccccc2-c2ccc(N(c3cccc4c3sc3ccccc34)c3cccc4c3sc3ccccc34)cc21. The van der Waals surface area contributed by atoms with Gasteiger partial charge in [0.15, 0.2) is 0 Å². The van der Waals surface area contributed by atoms with Crippen molar-refractivity contribution in [2.75, 3.05) is 4.90 Å². The number of anilines is 3. The van der Waals surface area contributed by atoms with E-state index in [2.05, 4.69) is 146 Å². The van der Waals surface area contributed by atoms with Crippen molar-refractivity contribution in [3.63, 3.8) is 0 Å². The molecule has 0 radical (unpaired) electrons. The molecule has 6 aromatic carbocycles. The molecule has 0 bridgehead atoms. The number of fused-ring (bicyclic) bond motifs is 9. The van der Waals surface area contributed by atoms with E-state index in [9.17, 15) is 0 Å². The number of nitrogens with zero attached hydrogens (tertiary/aromatic N) is 1. The molecule has 1 aliphatic rings. The van der Waals surface area contributed by atoms with E-state index in [1.165, 1.54) is 79.7 Å². The molecule has 200 valence electrons. The molecule has 0 atom stereocenters. The van der Waals surface area contributed by atoms with Gasteiger partial charge in [-0.2, -0.15) is 0 Å². The number of hydrogen-bond donors (Lipinski definition) is 0. The molecule has 0 unspecified atom stereocenters. The van der Waals surface area contributed by atoms with E-state index in [1.807, 2.05) is 22.7 Å². The summed E-state index contributed by atoms with van der Waals surface area (Å²) in [7, 11) is 0. The third kappa shape index (κ3) is 3.29. The van der Waals surface area contributed by atoms with Gasteiger partial charge in [0, 0.05) is 42.0 Å². The fourth-order valence-corrected chi connectivity index (χ4v) is 9.47. The van der Waals surface area contributed by atoms with Crippen molar-refractivity contribution in [2.24, 2.45) is 0 Å². The van der Waals surface area contributed by atoms with Gasteiger partial charge in [-0.3, -0.25) is 0 Å². The molecular weight excluding hydrogens is 547 g/mol. The summed E-state index contributed by atoms with van der Waals surface area (Å²) in [6.07, 6.45) is 0. The average molecular weight is 574 g/mol. The summed E-state index contributed by atoms with van der Waals surface area (Å²) in [5.74, 6) is 0. The second-order valence-corrected chi connectivity index (χ2v) is 13.8. The molecule has 42 heavy (non-hydrogen) atoms. The number of rotatable bonds is 3. The van der Waals surface area contributed by atoms with E-state index in [4.69, 9.17) is 0 Å². The van der Waals surface area contributed by atoms with Gasteiger partial charge >= 0.3 is 0 Å². The van der Waals surface area contributed by atoms with Crippen molar-refractivity contribution in [3.8, 4) is 11.1 Å². The molecule has 8 aromatic rings. The first-order valence-electron chi connectivity index (χ1n) is 14.4. The minimum Gasteiger partial charge on any atom is -0.308 e. The van der Waals surface area contributed by atoms with Crippen LogP contribution in [-0.2, 0) is 5.41 Å². The predicted octanol–water partition coefficient (Wildman–Crippen LogP) is 12.2. The van der Waals surface area contributed by atoms with E-state index in [0.717, 1.165) is 0 Å². The third-order valence-electron chi connectivity index (χ3n) is 9.07. The molecule has 0 spiro atoms. The summed E-state index contributed by atoms with van der Waals surface area (Å²) in [6, 6.07) is 47.2. The van der Waals surface area contributed by atoms with E-state index in [1.54, 1.807) is 0 Å². The molecule has 1 nitrogen and oxygen atoms in total. The van der Waals surface area contributed by atoms with Gasteiger partial charge < -0.3 is 4.90 Å². The summed E-state index contributed by atoms with van der Waals surface area (Å²) in [5.41, 5.74) is 9.08. The molecule has 0 saturated heterocycles. The van der Waals surface area contributed by atoms with E-state index >= 15 is 0 Å². The Morgan fingerprint density at radius 2 is 1.00 bits per heavy atom. The van der Waals surface area contributed by atoms with Crippen molar-refractivity contribution in [3.05, 3.63) is 139 Å². The fraction of sp³-hybridized carbons (Fsp3) is 0.0769. The quantitative estimate of drug-likeness (QED) is 0.203. The fourth-order valence-electron chi connectivity index (χ4n) is 7.06. The van der Waals surface area contributed by atoms with Crippen molar-refractivity contribution in [2.45, 2.75) is 19.3 Å². The zero-order valence-electron chi connectivity index (χ0n) is 23.4. The Kier molecular flexibility index (Phi) is 5.06. The second kappa shape index (κ2) is 8.78. The van der Waals surface area contributed by atoms with Gasteiger partial charge in [-0.05, 0) is 58.7 Å². The largest absolute Gasteiger partial charge is 0.308 e. The first-order chi connectivity index (χ1) is 20.6. The Labute approximate surface area is 252 Å². The average Bonchev–Trinajstić information content (AvgIpc) is 3.67. The van der Waals surface area contributed by atoms with Gasteiger partial charge in [-0.15, -0.1) is 22.7 Å². The highest BCUT2D eigenvalue weighted by Crippen LogP contribution is 2.53. The van der Waals surface area contributed by atoms with Crippen molar-refractivity contribution in [1.82, 2.24) is 0 Å². The molecule has 0 saturated carbocycles. The van der Waals surface area contributed by atoms with Gasteiger partial charge in [0.2, 0.25) is 0 Å². The number of thiophene rings is 2. The van der Waals surface area contributed by atoms with Crippen LogP contribution in [0.5, 0.6) is 0 Å². The van der Waals surface area contributed by atoms with Crippen LogP contribution in [0.3, 0.4) is 0 Å². The van der Waals surface area contributed by atoms with Crippen molar-refractivity contribution >= 4 is 80.1 Å². The molecule has 0 aliphatic heterocycles. The van der Waals surface area contributed by atoms with Gasteiger partial charge in [0.25, 0.3) is 0 Å². The monoisotopic (exact) mass is 573 g/mol. The third-order valence-corrected chi connectivity index (χ3v) is 11.5. The van der Waals surface area contributed by atoms with Crippen LogP contribution in [0.2, 0.25) is 0 Å². The Morgan fingerprint density at radius 3 is 1.64 bits per heavy atom. The molecule has 0 amide bonds. The van der Waals surface area contributed by atoms with E-state index < -0.39 is 0 Å². The normalized spacial score (nSPS) is 13.7. The highest BCUT2D eigenvalue weighted by atomic mass is 32.1. The lowest BCUT2D eigenvalue weighted by atomic mass is 9.82. The van der Waals surface area contributed by atoms with Crippen LogP contribution in [0.4, 0.5) is 17.1 Å². The first-order valence-corrected chi connectivity index (χ1v) is 16.1. The van der Waals surface area contributed by atoms with Gasteiger partial charge in [0.1, 0.15) is 0 Å². The summed E-state index contributed by atoms with van der Waals surface area (Å²) in [4.78, 5) is 2.52. The van der Waals surface area contributed by atoms with E-state index in [-0.39, 0.29) is 5.41 Å². The summed E-state index contributed by atoms with van der Waals surface area (Å²) in [5, 5.41) is 5.28. The zero-order valence-corrected chi connectivity index (χ0v) is 25.0. The maximum Gasteiger partial charge on any atom is 0.0640 e. The smallest absolute Gasteiger partial charge is 0.0640 e. The zero-order chi connectivity index (χ0) is 28.0. The second-order valence-electron chi connectivity index (χ2n) is 11.7. The Morgan fingerprint density at radius 1 is 0.476 bits per heavy atom. The lowest BCUT2D eigenvalue weighted by Gasteiger charge is -2.29. The van der Waals surface area contributed by atoms with Gasteiger partial charge in [-0.1, -0.05) is 105 Å². The molecule has 2 aromatic heterocycles. The Balaban J connectivity index is 1.36. The lowest BCUT2D eigenvalue weighted by molar-refractivity contribution is 0.660. The molecule has 3 heteroatoms. The topological polar surface area (TPSA) is 3.24 Å².